The molecule has 0 fully saturated rings. The SMILES string of the molecule is CC(C)c1ccc2ncc(=O)n(C)c2c1. The quantitative estimate of drug-likeness (QED) is 0.709. The molecule has 2 aromatic rings. The topological polar surface area (TPSA) is 34.9 Å². The minimum atomic E-state index is -0.0663. The maximum atomic E-state index is 11.4. The Labute approximate surface area is 88.4 Å². The van der Waals surface area contributed by atoms with Crippen LogP contribution in [-0.4, -0.2) is 9.55 Å². The monoisotopic (exact) mass is 202 g/mol. The van der Waals surface area contributed by atoms with E-state index < -0.39 is 0 Å². The molecule has 78 valence electrons. The smallest absolute Gasteiger partial charge is 0.269 e. The summed E-state index contributed by atoms with van der Waals surface area (Å²) >= 11 is 0. The van der Waals surface area contributed by atoms with Crippen molar-refractivity contribution < 1.29 is 0 Å². The van der Waals surface area contributed by atoms with Crippen LogP contribution >= 0.6 is 0 Å². The normalized spacial score (nSPS) is 11.2. The summed E-state index contributed by atoms with van der Waals surface area (Å²) in [5.41, 5.74) is 2.92. The van der Waals surface area contributed by atoms with E-state index in [-0.39, 0.29) is 5.56 Å². The molecule has 0 spiro atoms. The Morgan fingerprint density at radius 2 is 2.07 bits per heavy atom. The zero-order chi connectivity index (χ0) is 11.0. The Morgan fingerprint density at radius 1 is 1.33 bits per heavy atom. The van der Waals surface area contributed by atoms with Gasteiger partial charge < -0.3 is 4.57 Å². The number of benzene rings is 1. The zero-order valence-corrected chi connectivity index (χ0v) is 9.19. The molecule has 0 atom stereocenters. The number of hydrogen-bond donors (Lipinski definition) is 0. The molecule has 0 saturated heterocycles. The van der Waals surface area contributed by atoms with Gasteiger partial charge in [-0.1, -0.05) is 19.9 Å². The van der Waals surface area contributed by atoms with Crippen molar-refractivity contribution >= 4 is 11.0 Å². The van der Waals surface area contributed by atoms with Crippen LogP contribution in [0.25, 0.3) is 11.0 Å². The number of rotatable bonds is 1. The predicted molar refractivity (Wildman–Crippen MR) is 61.1 cm³/mol. The fourth-order valence-corrected chi connectivity index (χ4v) is 1.61. The molecule has 3 nitrogen and oxygen atoms in total. The third-order valence-corrected chi connectivity index (χ3v) is 2.67. The molecule has 0 bridgehead atoms. The highest BCUT2D eigenvalue weighted by atomic mass is 16.1. The highest BCUT2D eigenvalue weighted by Crippen LogP contribution is 2.18. The van der Waals surface area contributed by atoms with Crippen LogP contribution in [0.5, 0.6) is 0 Å². The van der Waals surface area contributed by atoms with Crippen LogP contribution in [-0.2, 0) is 7.05 Å². The highest BCUT2D eigenvalue weighted by Gasteiger charge is 2.04. The summed E-state index contributed by atoms with van der Waals surface area (Å²) in [6.07, 6.45) is 1.36. The average molecular weight is 202 g/mol. The predicted octanol–water partition coefficient (Wildman–Crippen LogP) is 2.06. The van der Waals surface area contributed by atoms with E-state index in [0.717, 1.165) is 11.0 Å². The molecule has 0 saturated carbocycles. The first-order chi connectivity index (χ1) is 7.09. The summed E-state index contributed by atoms with van der Waals surface area (Å²) in [7, 11) is 1.77. The van der Waals surface area contributed by atoms with Gasteiger partial charge in [-0.15, -0.1) is 0 Å². The Hall–Kier alpha value is -1.64. The lowest BCUT2D eigenvalue weighted by Gasteiger charge is -2.08. The fraction of sp³-hybridized carbons (Fsp3) is 0.333. The molecule has 0 radical (unpaired) electrons. The van der Waals surface area contributed by atoms with Crippen molar-refractivity contribution in [2.24, 2.45) is 7.05 Å². The molecule has 0 aliphatic heterocycles. The van der Waals surface area contributed by atoms with Gasteiger partial charge in [-0.2, -0.15) is 0 Å². The van der Waals surface area contributed by atoms with E-state index in [1.807, 2.05) is 12.1 Å². The molecule has 0 aliphatic carbocycles. The molecule has 2 rings (SSSR count). The maximum Gasteiger partial charge on any atom is 0.269 e. The highest BCUT2D eigenvalue weighted by molar-refractivity contribution is 5.75. The summed E-state index contributed by atoms with van der Waals surface area (Å²) < 4.78 is 1.63. The average Bonchev–Trinajstić information content (AvgIpc) is 2.23. The second kappa shape index (κ2) is 3.50. The molecule has 1 heterocycles. The van der Waals surface area contributed by atoms with Crippen LogP contribution in [0.4, 0.5) is 0 Å². The van der Waals surface area contributed by atoms with Crippen LogP contribution in [0.1, 0.15) is 25.3 Å². The third-order valence-electron chi connectivity index (χ3n) is 2.67. The van der Waals surface area contributed by atoms with Crippen molar-refractivity contribution in [3.63, 3.8) is 0 Å². The van der Waals surface area contributed by atoms with E-state index in [2.05, 4.69) is 24.9 Å². The Bertz CT molecular complexity index is 555. The van der Waals surface area contributed by atoms with Gasteiger partial charge in [0.15, 0.2) is 0 Å². The van der Waals surface area contributed by atoms with E-state index in [9.17, 15) is 4.79 Å². The lowest BCUT2D eigenvalue weighted by atomic mass is 10.0. The van der Waals surface area contributed by atoms with E-state index in [1.54, 1.807) is 11.6 Å². The van der Waals surface area contributed by atoms with Gasteiger partial charge in [-0.05, 0) is 23.6 Å². The van der Waals surface area contributed by atoms with Gasteiger partial charge in [0.2, 0.25) is 0 Å². The van der Waals surface area contributed by atoms with Crippen LogP contribution in [0.15, 0.2) is 29.2 Å². The molecule has 3 heteroatoms. The summed E-state index contributed by atoms with van der Waals surface area (Å²) in [4.78, 5) is 15.5. The van der Waals surface area contributed by atoms with E-state index in [0.29, 0.717) is 5.92 Å². The standard InChI is InChI=1S/C12H14N2O/c1-8(2)9-4-5-10-11(6-9)14(3)12(15)7-13-10/h4-8H,1-3H3. The Kier molecular flexibility index (Phi) is 2.31. The van der Waals surface area contributed by atoms with Gasteiger partial charge >= 0.3 is 0 Å². The first kappa shape index (κ1) is 9.90. The van der Waals surface area contributed by atoms with Crippen molar-refractivity contribution in [2.75, 3.05) is 0 Å². The molecule has 1 aromatic carbocycles. The van der Waals surface area contributed by atoms with Gasteiger partial charge in [0.1, 0.15) is 0 Å². The lowest BCUT2D eigenvalue weighted by Crippen LogP contribution is -2.16. The van der Waals surface area contributed by atoms with Gasteiger partial charge in [0.05, 0.1) is 17.2 Å². The molecule has 0 aliphatic rings. The van der Waals surface area contributed by atoms with Gasteiger partial charge in [-0.3, -0.25) is 4.79 Å². The molecule has 15 heavy (non-hydrogen) atoms. The first-order valence-electron chi connectivity index (χ1n) is 5.05. The summed E-state index contributed by atoms with van der Waals surface area (Å²) in [5, 5.41) is 0. The molecular weight excluding hydrogens is 188 g/mol. The minimum absolute atomic E-state index is 0.0663. The number of aryl methyl sites for hydroxylation is 1. The van der Waals surface area contributed by atoms with Crippen LogP contribution < -0.4 is 5.56 Å². The Balaban J connectivity index is 2.79. The Morgan fingerprint density at radius 3 is 2.73 bits per heavy atom. The van der Waals surface area contributed by atoms with Crippen molar-refractivity contribution in [1.29, 1.82) is 0 Å². The largest absolute Gasteiger partial charge is 0.309 e. The van der Waals surface area contributed by atoms with Gasteiger partial charge in [0, 0.05) is 7.05 Å². The van der Waals surface area contributed by atoms with E-state index >= 15 is 0 Å². The number of nitrogens with zero attached hydrogens (tertiary/aromatic N) is 2. The summed E-state index contributed by atoms with van der Waals surface area (Å²) in [6.45, 7) is 4.27. The summed E-state index contributed by atoms with van der Waals surface area (Å²) in [6, 6.07) is 6.06. The van der Waals surface area contributed by atoms with Gasteiger partial charge in [-0.25, -0.2) is 4.98 Å². The summed E-state index contributed by atoms with van der Waals surface area (Å²) in [5.74, 6) is 0.463. The molecular formula is C12H14N2O. The van der Waals surface area contributed by atoms with E-state index in [1.165, 1.54) is 11.8 Å². The van der Waals surface area contributed by atoms with Gasteiger partial charge in [0.25, 0.3) is 5.56 Å². The minimum Gasteiger partial charge on any atom is -0.309 e. The number of aromatic nitrogens is 2. The van der Waals surface area contributed by atoms with Crippen LogP contribution in [0, 0.1) is 0 Å². The molecule has 0 N–H and O–H groups in total. The van der Waals surface area contributed by atoms with Crippen LogP contribution in [0.2, 0.25) is 0 Å². The van der Waals surface area contributed by atoms with Crippen molar-refractivity contribution in [3.05, 3.63) is 40.3 Å². The molecule has 0 unspecified atom stereocenters. The number of fused-ring (bicyclic) bond motifs is 1. The van der Waals surface area contributed by atoms with Crippen molar-refractivity contribution in [2.45, 2.75) is 19.8 Å². The first-order valence-corrected chi connectivity index (χ1v) is 5.05. The fourth-order valence-electron chi connectivity index (χ4n) is 1.61. The maximum absolute atomic E-state index is 11.4. The van der Waals surface area contributed by atoms with E-state index in [4.69, 9.17) is 0 Å². The molecule has 1 aromatic heterocycles. The second-order valence-electron chi connectivity index (χ2n) is 4.06. The third kappa shape index (κ3) is 1.65. The van der Waals surface area contributed by atoms with Crippen LogP contribution in [0.3, 0.4) is 0 Å². The number of hydrogen-bond acceptors (Lipinski definition) is 2. The second-order valence-corrected chi connectivity index (χ2v) is 4.06. The molecule has 0 amide bonds. The zero-order valence-electron chi connectivity index (χ0n) is 9.19. The van der Waals surface area contributed by atoms with Crippen molar-refractivity contribution in [3.8, 4) is 0 Å². The van der Waals surface area contributed by atoms with Crippen molar-refractivity contribution in [1.82, 2.24) is 9.55 Å². The lowest BCUT2D eigenvalue weighted by molar-refractivity contribution is 0.856.